The summed E-state index contributed by atoms with van der Waals surface area (Å²) >= 11 is 1.58. The first kappa shape index (κ1) is 19.0. The van der Waals surface area contributed by atoms with Crippen LogP contribution >= 0.6 is 11.8 Å². The summed E-state index contributed by atoms with van der Waals surface area (Å²) in [6.45, 7) is 3.29. The first-order chi connectivity index (χ1) is 13.8. The van der Waals surface area contributed by atoms with Gasteiger partial charge in [0, 0.05) is 12.4 Å². The van der Waals surface area contributed by atoms with Gasteiger partial charge in [0.05, 0.1) is 29.3 Å². The van der Waals surface area contributed by atoms with E-state index in [1.165, 1.54) is 6.42 Å². The van der Waals surface area contributed by atoms with Crippen LogP contribution < -0.4 is 10.3 Å². The van der Waals surface area contributed by atoms with Crippen molar-refractivity contribution in [3.8, 4) is 11.4 Å². The molecular formula is C22H24N2O3S. The Morgan fingerprint density at radius 1 is 1.18 bits per heavy atom. The predicted molar refractivity (Wildman–Crippen MR) is 113 cm³/mol. The second kappa shape index (κ2) is 8.80. The lowest BCUT2D eigenvalue weighted by molar-refractivity contribution is 0.0315. The van der Waals surface area contributed by atoms with Crippen molar-refractivity contribution < 1.29 is 9.47 Å². The summed E-state index contributed by atoms with van der Waals surface area (Å²) in [7, 11) is 0. The number of thioether (sulfide) groups is 1. The standard InChI is InChI=1S/C22H24N2O3S/c1-2-26-20-13-6-5-12-19(20)24-21(25)17-10-3-4-11-18(17)23-22(24)28-15-16-9-7-8-14-27-16/h3-6,10-13,16H,2,7-9,14-15H2,1H3. The van der Waals surface area contributed by atoms with Gasteiger partial charge in [-0.05, 0) is 50.5 Å². The van der Waals surface area contributed by atoms with Crippen molar-refractivity contribution >= 4 is 22.7 Å². The molecule has 6 heteroatoms. The van der Waals surface area contributed by atoms with Gasteiger partial charge in [0.2, 0.25) is 0 Å². The van der Waals surface area contributed by atoms with E-state index >= 15 is 0 Å². The second-order valence-corrected chi connectivity index (χ2v) is 7.74. The van der Waals surface area contributed by atoms with E-state index in [0.717, 1.165) is 30.9 Å². The fourth-order valence-electron chi connectivity index (χ4n) is 3.45. The quantitative estimate of drug-likeness (QED) is 0.455. The van der Waals surface area contributed by atoms with Crippen molar-refractivity contribution in [2.24, 2.45) is 0 Å². The van der Waals surface area contributed by atoms with Gasteiger partial charge in [0.25, 0.3) is 5.56 Å². The zero-order chi connectivity index (χ0) is 19.3. The van der Waals surface area contributed by atoms with Crippen LogP contribution in [0.5, 0.6) is 5.75 Å². The summed E-state index contributed by atoms with van der Waals surface area (Å²) in [6.07, 6.45) is 3.58. The number of para-hydroxylation sites is 3. The van der Waals surface area contributed by atoms with Gasteiger partial charge < -0.3 is 9.47 Å². The Labute approximate surface area is 168 Å². The molecule has 1 aromatic heterocycles. The summed E-state index contributed by atoms with van der Waals surface area (Å²) in [4.78, 5) is 18.2. The molecule has 1 aliphatic rings. The Morgan fingerprint density at radius 3 is 2.82 bits per heavy atom. The molecule has 5 nitrogen and oxygen atoms in total. The van der Waals surface area contributed by atoms with E-state index in [2.05, 4.69) is 0 Å². The van der Waals surface area contributed by atoms with Gasteiger partial charge in [-0.25, -0.2) is 4.98 Å². The van der Waals surface area contributed by atoms with Gasteiger partial charge in [-0.1, -0.05) is 36.0 Å². The highest BCUT2D eigenvalue weighted by molar-refractivity contribution is 7.99. The summed E-state index contributed by atoms with van der Waals surface area (Å²) in [5, 5.41) is 1.28. The summed E-state index contributed by atoms with van der Waals surface area (Å²) in [5.74, 6) is 1.46. The van der Waals surface area contributed by atoms with E-state index in [-0.39, 0.29) is 11.7 Å². The molecule has 1 fully saturated rings. The summed E-state index contributed by atoms with van der Waals surface area (Å²) < 4.78 is 13.3. The van der Waals surface area contributed by atoms with Crippen LogP contribution in [0, 0.1) is 0 Å². The van der Waals surface area contributed by atoms with E-state index < -0.39 is 0 Å². The smallest absolute Gasteiger partial charge is 0.266 e. The topological polar surface area (TPSA) is 53.4 Å². The molecule has 0 radical (unpaired) electrons. The molecule has 146 valence electrons. The van der Waals surface area contributed by atoms with E-state index in [1.54, 1.807) is 16.3 Å². The van der Waals surface area contributed by atoms with Crippen molar-refractivity contribution in [3.63, 3.8) is 0 Å². The fraction of sp³-hybridized carbons (Fsp3) is 0.364. The van der Waals surface area contributed by atoms with Crippen LogP contribution in [-0.2, 0) is 4.74 Å². The van der Waals surface area contributed by atoms with Crippen LogP contribution in [0.4, 0.5) is 0 Å². The number of aromatic nitrogens is 2. The zero-order valence-corrected chi connectivity index (χ0v) is 16.8. The van der Waals surface area contributed by atoms with Crippen molar-refractivity contribution in [1.82, 2.24) is 9.55 Å². The van der Waals surface area contributed by atoms with Gasteiger partial charge >= 0.3 is 0 Å². The monoisotopic (exact) mass is 396 g/mol. The number of rotatable bonds is 6. The molecule has 2 aromatic carbocycles. The van der Waals surface area contributed by atoms with Gasteiger partial charge in [-0.2, -0.15) is 0 Å². The molecule has 28 heavy (non-hydrogen) atoms. The second-order valence-electron chi connectivity index (χ2n) is 6.75. The molecular weight excluding hydrogens is 372 g/mol. The normalized spacial score (nSPS) is 17.0. The SMILES string of the molecule is CCOc1ccccc1-n1c(SCC2CCCCO2)nc2ccccc2c1=O. The fourth-order valence-corrected chi connectivity index (χ4v) is 4.52. The Hall–Kier alpha value is -2.31. The van der Waals surface area contributed by atoms with Crippen LogP contribution in [0.3, 0.4) is 0 Å². The molecule has 1 saturated heterocycles. The van der Waals surface area contributed by atoms with Crippen LogP contribution in [-0.4, -0.2) is 34.6 Å². The van der Waals surface area contributed by atoms with Crippen molar-refractivity contribution in [3.05, 3.63) is 58.9 Å². The van der Waals surface area contributed by atoms with Crippen molar-refractivity contribution in [1.29, 1.82) is 0 Å². The number of hydrogen-bond acceptors (Lipinski definition) is 5. The lowest BCUT2D eigenvalue weighted by atomic mass is 10.1. The van der Waals surface area contributed by atoms with Gasteiger partial charge in [-0.3, -0.25) is 9.36 Å². The third-order valence-electron chi connectivity index (χ3n) is 4.82. The molecule has 0 saturated carbocycles. The Kier molecular flexibility index (Phi) is 5.98. The molecule has 0 bridgehead atoms. The minimum Gasteiger partial charge on any atom is -0.492 e. The summed E-state index contributed by atoms with van der Waals surface area (Å²) in [6, 6.07) is 15.1. The molecule has 2 heterocycles. The number of nitrogens with zero attached hydrogens (tertiary/aromatic N) is 2. The lowest BCUT2D eigenvalue weighted by Crippen LogP contribution is -2.25. The van der Waals surface area contributed by atoms with Gasteiger partial charge in [-0.15, -0.1) is 0 Å². The average molecular weight is 397 g/mol. The maximum Gasteiger partial charge on any atom is 0.266 e. The largest absolute Gasteiger partial charge is 0.492 e. The zero-order valence-electron chi connectivity index (χ0n) is 16.0. The molecule has 0 aliphatic carbocycles. The molecule has 0 spiro atoms. The molecule has 4 rings (SSSR count). The molecule has 1 atom stereocenters. The Bertz CT molecular complexity index is 1010. The maximum atomic E-state index is 13.4. The van der Waals surface area contributed by atoms with E-state index in [1.807, 2.05) is 55.5 Å². The van der Waals surface area contributed by atoms with E-state index in [0.29, 0.717) is 28.4 Å². The highest BCUT2D eigenvalue weighted by atomic mass is 32.2. The third-order valence-corrected chi connectivity index (χ3v) is 5.89. The first-order valence-corrected chi connectivity index (χ1v) is 10.7. The van der Waals surface area contributed by atoms with Crippen molar-refractivity contribution in [2.75, 3.05) is 19.0 Å². The highest BCUT2D eigenvalue weighted by Gasteiger charge is 2.19. The van der Waals surface area contributed by atoms with Crippen LogP contribution in [0.2, 0.25) is 0 Å². The molecule has 1 aliphatic heterocycles. The highest BCUT2D eigenvalue weighted by Crippen LogP contribution is 2.29. The molecule has 3 aromatic rings. The Balaban J connectivity index is 1.81. The summed E-state index contributed by atoms with van der Waals surface area (Å²) in [5.41, 5.74) is 1.36. The molecule has 0 amide bonds. The van der Waals surface area contributed by atoms with E-state index in [9.17, 15) is 4.79 Å². The third kappa shape index (κ3) is 3.93. The molecule has 0 N–H and O–H groups in total. The van der Waals surface area contributed by atoms with Crippen LogP contribution in [0.15, 0.2) is 58.5 Å². The minimum absolute atomic E-state index is 0.0789. The number of benzene rings is 2. The van der Waals surface area contributed by atoms with E-state index in [4.69, 9.17) is 14.5 Å². The molecule has 1 unspecified atom stereocenters. The lowest BCUT2D eigenvalue weighted by Gasteiger charge is -2.23. The van der Waals surface area contributed by atoms with Gasteiger partial charge in [0.1, 0.15) is 5.75 Å². The van der Waals surface area contributed by atoms with Crippen molar-refractivity contribution in [2.45, 2.75) is 37.4 Å². The van der Waals surface area contributed by atoms with Gasteiger partial charge in [0.15, 0.2) is 5.16 Å². The minimum atomic E-state index is -0.0789. The first-order valence-electron chi connectivity index (χ1n) is 9.76. The van der Waals surface area contributed by atoms with Crippen LogP contribution in [0.1, 0.15) is 26.2 Å². The van der Waals surface area contributed by atoms with Crippen LogP contribution in [0.25, 0.3) is 16.6 Å². The number of hydrogen-bond donors (Lipinski definition) is 0. The number of ether oxygens (including phenoxy) is 2. The Morgan fingerprint density at radius 2 is 2.00 bits per heavy atom. The maximum absolute atomic E-state index is 13.4. The number of fused-ring (bicyclic) bond motifs is 1. The average Bonchev–Trinajstić information content (AvgIpc) is 2.74. The predicted octanol–water partition coefficient (Wildman–Crippen LogP) is 4.45.